The van der Waals surface area contributed by atoms with Crippen molar-refractivity contribution in [3.8, 4) is 11.5 Å². The van der Waals surface area contributed by atoms with Gasteiger partial charge in [0.05, 0.1) is 9.92 Å². The fourth-order valence-electron chi connectivity index (χ4n) is 2.68. The maximum Gasteiger partial charge on any atom is 0.289 e. The van der Waals surface area contributed by atoms with Gasteiger partial charge in [-0.05, 0) is 49.2 Å². The van der Waals surface area contributed by atoms with E-state index in [0.29, 0.717) is 26.1 Å². The predicted octanol–water partition coefficient (Wildman–Crippen LogP) is 3.60. The van der Waals surface area contributed by atoms with E-state index in [1.807, 2.05) is 0 Å². The molecule has 0 aliphatic carbocycles. The molecule has 2 aromatic carbocycles. The van der Waals surface area contributed by atoms with E-state index in [1.54, 1.807) is 0 Å². The summed E-state index contributed by atoms with van der Waals surface area (Å²) in [7, 11) is -4.42. The molecular weight excluding hydrogens is 413 g/mol. The lowest BCUT2D eigenvalue weighted by molar-refractivity contribution is -0.153. The summed E-state index contributed by atoms with van der Waals surface area (Å²) in [5.41, 5.74) is 0. The molecule has 1 aliphatic rings. The Bertz CT molecular complexity index is 961. The molecule has 10 heteroatoms. The van der Waals surface area contributed by atoms with Gasteiger partial charge < -0.3 is 9.47 Å². The first-order valence-electron chi connectivity index (χ1n) is 8.38. The van der Waals surface area contributed by atoms with Crippen molar-refractivity contribution >= 4 is 27.5 Å². The monoisotopic (exact) mass is 429 g/mol. The molecule has 1 N–H and O–H groups in total. The number of nitrogens with zero attached hydrogens (tertiary/aromatic N) is 1. The second-order valence-electron chi connectivity index (χ2n) is 6.12. The molecule has 1 fully saturated rings. The molecule has 0 bridgehead atoms. The van der Waals surface area contributed by atoms with Crippen LogP contribution in [0.3, 0.4) is 0 Å². The van der Waals surface area contributed by atoms with E-state index in [9.17, 15) is 22.8 Å². The highest BCUT2D eigenvalue weighted by molar-refractivity contribution is 7.89. The molecule has 0 unspecified atom stereocenters. The van der Waals surface area contributed by atoms with E-state index in [-0.39, 0.29) is 25.9 Å². The second kappa shape index (κ2) is 8.44. The number of rotatable bonds is 5. The van der Waals surface area contributed by atoms with Crippen LogP contribution < -0.4 is 4.74 Å². The van der Waals surface area contributed by atoms with E-state index in [2.05, 4.69) is 0 Å². The minimum Gasteiger partial charge on any atom is -0.457 e. The lowest BCUT2D eigenvalue weighted by atomic mass is 10.00. The third kappa shape index (κ3) is 4.44. The number of carbonyl (C=O) groups excluding carboxylic acids is 1. The van der Waals surface area contributed by atoms with Crippen LogP contribution in [-0.2, 0) is 19.6 Å². The summed E-state index contributed by atoms with van der Waals surface area (Å²) in [5, 5.41) is 9.93. The summed E-state index contributed by atoms with van der Waals surface area (Å²) in [5.74, 6) is -1.74. The maximum atomic E-state index is 13.5. The van der Waals surface area contributed by atoms with Gasteiger partial charge in [-0.2, -0.15) is 8.42 Å². The molecule has 0 spiro atoms. The first-order chi connectivity index (χ1) is 13.3. The summed E-state index contributed by atoms with van der Waals surface area (Å²) in [4.78, 5) is 12.0. The first kappa shape index (κ1) is 20.5. The summed E-state index contributed by atoms with van der Waals surface area (Å²) >= 11 is 5.61. The molecule has 1 heterocycles. The number of hydroxylamine groups is 1. The van der Waals surface area contributed by atoms with Gasteiger partial charge in [-0.25, -0.2) is 4.39 Å². The normalized spacial score (nSPS) is 15.2. The summed E-state index contributed by atoms with van der Waals surface area (Å²) in [6.45, 7) is 0.670. The van der Waals surface area contributed by atoms with E-state index < -0.39 is 27.7 Å². The van der Waals surface area contributed by atoms with E-state index in [1.165, 1.54) is 36.4 Å². The van der Waals surface area contributed by atoms with Gasteiger partial charge >= 0.3 is 0 Å². The third-order valence-corrected chi connectivity index (χ3v) is 6.04. The van der Waals surface area contributed by atoms with Crippen LogP contribution in [0.25, 0.3) is 0 Å². The van der Waals surface area contributed by atoms with E-state index >= 15 is 0 Å². The Hall–Kier alpha value is -2.20. The Balaban J connectivity index is 1.73. The Labute approximate surface area is 166 Å². The molecule has 0 saturated carbocycles. The molecule has 3 rings (SSSR count). The van der Waals surface area contributed by atoms with Crippen molar-refractivity contribution in [2.24, 2.45) is 5.92 Å². The van der Waals surface area contributed by atoms with Crippen molar-refractivity contribution in [2.45, 2.75) is 17.7 Å². The zero-order valence-electron chi connectivity index (χ0n) is 14.5. The van der Waals surface area contributed by atoms with Crippen LogP contribution in [0.2, 0.25) is 5.02 Å². The molecule has 28 heavy (non-hydrogen) atoms. The van der Waals surface area contributed by atoms with Crippen LogP contribution >= 0.6 is 11.6 Å². The average Bonchev–Trinajstić information content (AvgIpc) is 2.70. The van der Waals surface area contributed by atoms with Crippen LogP contribution in [0, 0.1) is 11.7 Å². The molecule has 0 aromatic heterocycles. The standard InChI is InChI=1S/C18H17ClFNO6S/c19-16-6-3-14(11-17(16)20)27-13-1-4-15(5-2-13)28(24,25)21(23)18(22)12-7-9-26-10-8-12/h1-6,11-12,23H,7-10H2. The Morgan fingerprint density at radius 3 is 2.36 bits per heavy atom. The van der Waals surface area contributed by atoms with Gasteiger partial charge in [-0.15, -0.1) is 4.47 Å². The number of sulfonamides is 1. The SMILES string of the molecule is O=C(C1CCOCC1)N(O)S(=O)(=O)c1ccc(Oc2ccc(Cl)c(F)c2)cc1. The number of amides is 1. The smallest absolute Gasteiger partial charge is 0.289 e. The maximum absolute atomic E-state index is 13.5. The number of hydrogen-bond acceptors (Lipinski definition) is 6. The van der Waals surface area contributed by atoms with E-state index in [4.69, 9.17) is 21.1 Å². The zero-order valence-corrected chi connectivity index (χ0v) is 16.1. The molecule has 2 aromatic rings. The van der Waals surface area contributed by atoms with Gasteiger partial charge in [0, 0.05) is 25.2 Å². The highest BCUT2D eigenvalue weighted by atomic mass is 35.5. The van der Waals surface area contributed by atoms with Crippen molar-refractivity contribution < 1.29 is 32.3 Å². The van der Waals surface area contributed by atoms with Crippen molar-refractivity contribution in [1.29, 1.82) is 0 Å². The molecule has 0 radical (unpaired) electrons. The van der Waals surface area contributed by atoms with Crippen LogP contribution in [-0.4, -0.2) is 37.2 Å². The topological polar surface area (TPSA) is 93.1 Å². The number of ether oxygens (including phenoxy) is 2. The summed E-state index contributed by atoms with van der Waals surface area (Å²) < 4.78 is 48.8. The van der Waals surface area contributed by atoms with Crippen LogP contribution in [0.4, 0.5) is 4.39 Å². The van der Waals surface area contributed by atoms with Crippen molar-refractivity contribution in [1.82, 2.24) is 4.47 Å². The Morgan fingerprint density at radius 2 is 1.75 bits per heavy atom. The number of carbonyl (C=O) groups is 1. The Morgan fingerprint density at radius 1 is 1.14 bits per heavy atom. The molecule has 1 amide bonds. The van der Waals surface area contributed by atoms with Crippen LogP contribution in [0.15, 0.2) is 47.4 Å². The molecule has 150 valence electrons. The summed E-state index contributed by atoms with van der Waals surface area (Å²) in [6.07, 6.45) is 0.686. The van der Waals surface area contributed by atoms with Gasteiger partial charge in [0.1, 0.15) is 17.3 Å². The molecule has 0 atom stereocenters. The quantitative estimate of drug-likeness (QED) is 0.576. The van der Waals surface area contributed by atoms with Crippen LogP contribution in [0.5, 0.6) is 11.5 Å². The second-order valence-corrected chi connectivity index (χ2v) is 8.30. The number of hydrogen-bond donors (Lipinski definition) is 1. The van der Waals surface area contributed by atoms with Crippen molar-refractivity contribution in [3.05, 3.63) is 53.3 Å². The minimum atomic E-state index is -4.42. The van der Waals surface area contributed by atoms with Crippen LogP contribution in [0.1, 0.15) is 12.8 Å². The molecular formula is C18H17ClFNO6S. The predicted molar refractivity (Wildman–Crippen MR) is 97.3 cm³/mol. The fraction of sp³-hybridized carbons (Fsp3) is 0.278. The van der Waals surface area contributed by atoms with Gasteiger partial charge in [0.15, 0.2) is 0 Å². The molecule has 7 nitrogen and oxygen atoms in total. The van der Waals surface area contributed by atoms with Gasteiger partial charge in [0.25, 0.3) is 15.9 Å². The minimum absolute atomic E-state index is 0.0500. The molecule has 1 aliphatic heterocycles. The van der Waals surface area contributed by atoms with Crippen molar-refractivity contribution in [2.75, 3.05) is 13.2 Å². The third-order valence-electron chi connectivity index (χ3n) is 4.24. The zero-order chi connectivity index (χ0) is 20.3. The lowest BCUT2D eigenvalue weighted by Crippen LogP contribution is -2.40. The largest absolute Gasteiger partial charge is 0.457 e. The molecule has 1 saturated heterocycles. The van der Waals surface area contributed by atoms with E-state index in [0.717, 1.165) is 6.07 Å². The van der Waals surface area contributed by atoms with Gasteiger partial charge in [-0.3, -0.25) is 10.0 Å². The summed E-state index contributed by atoms with van der Waals surface area (Å²) in [6, 6.07) is 8.89. The highest BCUT2D eigenvalue weighted by Gasteiger charge is 2.34. The number of halogens is 2. The van der Waals surface area contributed by atoms with Crippen molar-refractivity contribution in [3.63, 3.8) is 0 Å². The van der Waals surface area contributed by atoms with Gasteiger partial charge in [0.2, 0.25) is 0 Å². The Kier molecular flexibility index (Phi) is 6.19. The fourth-order valence-corrected chi connectivity index (χ4v) is 3.86. The average molecular weight is 430 g/mol. The lowest BCUT2D eigenvalue weighted by Gasteiger charge is -2.24. The highest BCUT2D eigenvalue weighted by Crippen LogP contribution is 2.27. The first-order valence-corrected chi connectivity index (χ1v) is 10.2. The number of benzene rings is 2. The van der Waals surface area contributed by atoms with Gasteiger partial charge in [-0.1, -0.05) is 11.6 Å².